The highest BCUT2D eigenvalue weighted by molar-refractivity contribution is 5.44. The highest BCUT2D eigenvalue weighted by atomic mass is 15.3. The summed E-state index contributed by atoms with van der Waals surface area (Å²) in [7, 11) is 0. The van der Waals surface area contributed by atoms with Crippen LogP contribution in [0.1, 0.15) is 18.2 Å². The van der Waals surface area contributed by atoms with E-state index in [0.717, 1.165) is 29.2 Å². The molecule has 0 bridgehead atoms. The molecular weight excluding hydrogens is 188 g/mol. The van der Waals surface area contributed by atoms with Crippen LogP contribution in [0.25, 0.3) is 5.82 Å². The van der Waals surface area contributed by atoms with Crippen LogP contribution >= 0.6 is 0 Å². The molecule has 0 amide bonds. The summed E-state index contributed by atoms with van der Waals surface area (Å²) in [6.45, 7) is 4.09. The molecule has 0 aromatic carbocycles. The van der Waals surface area contributed by atoms with Gasteiger partial charge < -0.3 is 5.73 Å². The monoisotopic (exact) mass is 202 g/mol. The second kappa shape index (κ2) is 3.73. The summed E-state index contributed by atoms with van der Waals surface area (Å²) in [6, 6.07) is 3.95. The number of pyridine rings is 1. The fraction of sp³-hybridized carbons (Fsp3) is 0.273. The topological polar surface area (TPSA) is 56.7 Å². The third-order valence-electron chi connectivity index (χ3n) is 2.35. The first kappa shape index (κ1) is 9.71. The fourth-order valence-corrected chi connectivity index (χ4v) is 1.57. The highest BCUT2D eigenvalue weighted by Gasteiger charge is 2.08. The van der Waals surface area contributed by atoms with Crippen LogP contribution in [0.3, 0.4) is 0 Å². The minimum absolute atomic E-state index is 0.723. The Kier molecular flexibility index (Phi) is 2.41. The summed E-state index contributed by atoms with van der Waals surface area (Å²) in [4.78, 5) is 4.28. The van der Waals surface area contributed by atoms with Crippen molar-refractivity contribution in [2.45, 2.75) is 20.3 Å². The number of anilines is 1. The molecule has 2 aromatic rings. The molecular formula is C11H14N4. The molecule has 0 spiro atoms. The van der Waals surface area contributed by atoms with Crippen molar-refractivity contribution >= 4 is 5.69 Å². The maximum atomic E-state index is 5.82. The molecule has 0 radical (unpaired) electrons. The van der Waals surface area contributed by atoms with Crippen LogP contribution in [0, 0.1) is 6.92 Å². The molecule has 0 fully saturated rings. The molecule has 0 unspecified atom stereocenters. The molecule has 0 aliphatic rings. The van der Waals surface area contributed by atoms with Crippen molar-refractivity contribution in [3.63, 3.8) is 0 Å². The van der Waals surface area contributed by atoms with E-state index in [1.54, 1.807) is 17.1 Å². The maximum absolute atomic E-state index is 5.82. The van der Waals surface area contributed by atoms with Crippen molar-refractivity contribution in [2.75, 3.05) is 5.73 Å². The van der Waals surface area contributed by atoms with E-state index in [2.05, 4.69) is 17.0 Å². The van der Waals surface area contributed by atoms with Gasteiger partial charge in [0, 0.05) is 6.20 Å². The van der Waals surface area contributed by atoms with Gasteiger partial charge >= 0.3 is 0 Å². The zero-order valence-electron chi connectivity index (χ0n) is 8.94. The summed E-state index contributed by atoms with van der Waals surface area (Å²) in [5.74, 6) is 0.823. The molecule has 2 aromatic heterocycles. The van der Waals surface area contributed by atoms with Crippen LogP contribution in [0.2, 0.25) is 0 Å². The summed E-state index contributed by atoms with van der Waals surface area (Å²) in [6.07, 6.45) is 4.30. The molecule has 0 aliphatic carbocycles. The summed E-state index contributed by atoms with van der Waals surface area (Å²) < 4.78 is 1.79. The number of nitrogen functional groups attached to an aromatic ring is 1. The third kappa shape index (κ3) is 1.70. The van der Waals surface area contributed by atoms with Gasteiger partial charge in [-0.1, -0.05) is 6.92 Å². The van der Waals surface area contributed by atoms with Crippen molar-refractivity contribution in [1.82, 2.24) is 14.8 Å². The van der Waals surface area contributed by atoms with Crippen LogP contribution in [0.4, 0.5) is 5.69 Å². The van der Waals surface area contributed by atoms with E-state index in [1.165, 1.54) is 0 Å². The van der Waals surface area contributed by atoms with Crippen molar-refractivity contribution in [1.29, 1.82) is 0 Å². The number of aryl methyl sites for hydroxylation is 1. The molecule has 78 valence electrons. The fourth-order valence-electron chi connectivity index (χ4n) is 1.57. The Morgan fingerprint density at radius 1 is 1.47 bits per heavy atom. The van der Waals surface area contributed by atoms with Gasteiger partial charge in [0.25, 0.3) is 0 Å². The van der Waals surface area contributed by atoms with Crippen LogP contribution in [-0.2, 0) is 6.42 Å². The summed E-state index contributed by atoms with van der Waals surface area (Å²) >= 11 is 0. The SMILES string of the molecule is CCc1c(N)cnn1-c1cc(C)ccn1. The minimum atomic E-state index is 0.723. The van der Waals surface area contributed by atoms with E-state index in [-0.39, 0.29) is 0 Å². The minimum Gasteiger partial charge on any atom is -0.396 e. The lowest BCUT2D eigenvalue weighted by Crippen LogP contribution is -2.04. The van der Waals surface area contributed by atoms with E-state index in [4.69, 9.17) is 5.73 Å². The van der Waals surface area contributed by atoms with E-state index >= 15 is 0 Å². The van der Waals surface area contributed by atoms with Gasteiger partial charge in [0.1, 0.15) is 0 Å². The van der Waals surface area contributed by atoms with Gasteiger partial charge in [-0.2, -0.15) is 5.10 Å². The molecule has 15 heavy (non-hydrogen) atoms. The Hall–Kier alpha value is -1.84. The number of hydrogen-bond acceptors (Lipinski definition) is 3. The van der Waals surface area contributed by atoms with E-state index < -0.39 is 0 Å². The molecule has 0 saturated heterocycles. The Balaban J connectivity index is 2.54. The smallest absolute Gasteiger partial charge is 0.153 e. The lowest BCUT2D eigenvalue weighted by atomic mass is 10.3. The van der Waals surface area contributed by atoms with Gasteiger partial charge in [0.05, 0.1) is 17.6 Å². The second-order valence-corrected chi connectivity index (χ2v) is 3.50. The van der Waals surface area contributed by atoms with Crippen molar-refractivity contribution in [3.8, 4) is 5.82 Å². The quantitative estimate of drug-likeness (QED) is 0.806. The Morgan fingerprint density at radius 3 is 2.93 bits per heavy atom. The first-order chi connectivity index (χ1) is 7.22. The number of rotatable bonds is 2. The predicted octanol–water partition coefficient (Wildman–Crippen LogP) is 1.72. The van der Waals surface area contributed by atoms with E-state index in [0.29, 0.717) is 0 Å². The van der Waals surface area contributed by atoms with Gasteiger partial charge in [-0.15, -0.1) is 0 Å². The van der Waals surface area contributed by atoms with Gasteiger partial charge in [0.2, 0.25) is 0 Å². The third-order valence-corrected chi connectivity index (χ3v) is 2.35. The molecule has 2 N–H and O–H groups in total. The van der Waals surface area contributed by atoms with Crippen LogP contribution in [0.15, 0.2) is 24.5 Å². The Labute approximate surface area is 88.8 Å². The molecule has 0 aliphatic heterocycles. The predicted molar refractivity (Wildman–Crippen MR) is 59.9 cm³/mol. The summed E-state index contributed by atoms with van der Waals surface area (Å²) in [5.41, 5.74) is 8.71. The van der Waals surface area contributed by atoms with Crippen molar-refractivity contribution in [3.05, 3.63) is 35.8 Å². The lowest BCUT2D eigenvalue weighted by Gasteiger charge is -2.05. The molecule has 4 nitrogen and oxygen atoms in total. The van der Waals surface area contributed by atoms with Crippen molar-refractivity contribution < 1.29 is 0 Å². The van der Waals surface area contributed by atoms with E-state index in [9.17, 15) is 0 Å². The Morgan fingerprint density at radius 2 is 2.27 bits per heavy atom. The summed E-state index contributed by atoms with van der Waals surface area (Å²) in [5, 5.41) is 4.23. The van der Waals surface area contributed by atoms with Crippen LogP contribution in [0.5, 0.6) is 0 Å². The van der Waals surface area contributed by atoms with Crippen LogP contribution in [-0.4, -0.2) is 14.8 Å². The molecule has 4 heteroatoms. The normalized spacial score (nSPS) is 10.5. The van der Waals surface area contributed by atoms with Crippen LogP contribution < -0.4 is 5.73 Å². The average molecular weight is 202 g/mol. The zero-order valence-corrected chi connectivity index (χ0v) is 8.94. The van der Waals surface area contributed by atoms with Gasteiger partial charge in [-0.25, -0.2) is 9.67 Å². The van der Waals surface area contributed by atoms with E-state index in [1.807, 2.05) is 19.1 Å². The van der Waals surface area contributed by atoms with Gasteiger partial charge in [-0.05, 0) is 31.0 Å². The molecule has 0 atom stereocenters. The van der Waals surface area contributed by atoms with Crippen molar-refractivity contribution in [2.24, 2.45) is 0 Å². The zero-order chi connectivity index (χ0) is 10.8. The average Bonchev–Trinajstić information content (AvgIpc) is 2.59. The second-order valence-electron chi connectivity index (χ2n) is 3.50. The first-order valence-electron chi connectivity index (χ1n) is 4.97. The molecule has 2 rings (SSSR count). The number of aromatic nitrogens is 3. The largest absolute Gasteiger partial charge is 0.396 e. The first-order valence-corrected chi connectivity index (χ1v) is 4.97. The molecule has 2 heterocycles. The van der Waals surface area contributed by atoms with Gasteiger partial charge in [0.15, 0.2) is 5.82 Å². The maximum Gasteiger partial charge on any atom is 0.153 e. The number of hydrogen-bond donors (Lipinski definition) is 1. The highest BCUT2D eigenvalue weighted by Crippen LogP contribution is 2.15. The number of nitrogens with two attached hydrogens (primary N) is 1. The standard InChI is InChI=1S/C11H14N4/c1-3-10-9(12)7-14-15(10)11-6-8(2)4-5-13-11/h4-7H,3,12H2,1-2H3. The Bertz CT molecular complexity index is 473. The molecule has 0 saturated carbocycles. The number of nitrogens with zero attached hydrogens (tertiary/aromatic N) is 3. The van der Waals surface area contributed by atoms with Gasteiger partial charge in [-0.3, -0.25) is 0 Å². The lowest BCUT2D eigenvalue weighted by molar-refractivity contribution is 0.789.